The SMILES string of the molecule is CCCCC(=O)O[C@]1(C(=O)CF)[C@@H](C)C[C@H]2[C@@H]3CCC4=C(F)C(=O)C=C[C@]4(C)[C@@]3(Cl)[C@@H](O)C[C@@]21C. The van der Waals surface area contributed by atoms with Crippen molar-refractivity contribution >= 4 is 29.1 Å². The Bertz CT molecular complexity index is 1010. The van der Waals surface area contributed by atoms with Crippen LogP contribution in [-0.2, 0) is 19.1 Å². The van der Waals surface area contributed by atoms with Gasteiger partial charge in [-0.05, 0) is 55.6 Å². The van der Waals surface area contributed by atoms with Gasteiger partial charge in [0.15, 0.2) is 18.1 Å². The van der Waals surface area contributed by atoms with Crippen molar-refractivity contribution in [2.24, 2.45) is 28.6 Å². The van der Waals surface area contributed by atoms with Crippen LogP contribution >= 0.6 is 11.6 Å². The summed E-state index contributed by atoms with van der Waals surface area (Å²) in [6.45, 7) is 6.00. The van der Waals surface area contributed by atoms with Crippen molar-refractivity contribution in [1.82, 2.24) is 0 Å². The number of aliphatic hydroxyl groups excluding tert-OH is 1. The highest BCUT2D eigenvalue weighted by atomic mass is 35.5. The van der Waals surface area contributed by atoms with Gasteiger partial charge in [0.05, 0.1) is 11.0 Å². The van der Waals surface area contributed by atoms with Crippen LogP contribution in [-0.4, -0.2) is 45.9 Å². The van der Waals surface area contributed by atoms with Crippen molar-refractivity contribution in [3.63, 3.8) is 0 Å². The van der Waals surface area contributed by atoms with Gasteiger partial charge >= 0.3 is 5.97 Å². The molecule has 8 heteroatoms. The maximum atomic E-state index is 14.9. The largest absolute Gasteiger partial charge is 0.450 e. The van der Waals surface area contributed by atoms with Crippen molar-refractivity contribution in [3.05, 3.63) is 23.6 Å². The molecule has 0 aromatic heterocycles. The van der Waals surface area contributed by atoms with E-state index in [1.54, 1.807) is 26.8 Å². The lowest BCUT2D eigenvalue weighted by molar-refractivity contribution is -0.202. The highest BCUT2D eigenvalue weighted by Crippen LogP contribution is 2.72. The topological polar surface area (TPSA) is 80.7 Å². The van der Waals surface area contributed by atoms with E-state index in [0.29, 0.717) is 24.8 Å². The average molecular weight is 513 g/mol. The third kappa shape index (κ3) is 3.29. The standard InChI is InChI=1S/C27H35ClF2O5/c1-5-6-7-22(34)35-27(21(33)14-29)15(2)12-18-16-8-9-17-23(30)19(31)10-11-24(17,3)26(16,28)20(32)13-25(18,27)4/h10-11,15-16,18,20,32H,5-9,12-14H2,1-4H3/t15-,16-,18-,20-,24-,25-,26-,27-/m0/s1. The molecule has 0 saturated heterocycles. The number of esters is 1. The van der Waals surface area contributed by atoms with Crippen LogP contribution in [0, 0.1) is 28.6 Å². The van der Waals surface area contributed by atoms with Gasteiger partial charge in [0.1, 0.15) is 0 Å². The number of hydrogen-bond donors (Lipinski definition) is 1. The van der Waals surface area contributed by atoms with Crippen LogP contribution < -0.4 is 0 Å². The molecule has 0 heterocycles. The number of rotatable bonds is 6. The number of alkyl halides is 2. The molecule has 3 fully saturated rings. The Morgan fingerprint density at radius 2 is 1.97 bits per heavy atom. The van der Waals surface area contributed by atoms with Crippen LogP contribution in [0.5, 0.6) is 0 Å². The fourth-order valence-corrected chi connectivity index (χ4v) is 8.64. The van der Waals surface area contributed by atoms with Gasteiger partial charge in [0.2, 0.25) is 11.6 Å². The number of unbranched alkanes of at least 4 members (excludes halogenated alkanes) is 1. The van der Waals surface area contributed by atoms with Crippen LogP contribution in [0.2, 0.25) is 0 Å². The number of halogens is 3. The van der Waals surface area contributed by atoms with E-state index >= 15 is 0 Å². The van der Waals surface area contributed by atoms with Crippen LogP contribution in [0.1, 0.15) is 72.6 Å². The Balaban J connectivity index is 1.82. The minimum Gasteiger partial charge on any atom is -0.450 e. The molecule has 35 heavy (non-hydrogen) atoms. The molecule has 1 N–H and O–H groups in total. The molecule has 4 aliphatic carbocycles. The van der Waals surface area contributed by atoms with Crippen molar-refractivity contribution in [2.45, 2.75) is 89.2 Å². The normalized spacial score (nSPS) is 44.5. The third-order valence-corrected chi connectivity index (χ3v) is 10.7. The Hall–Kier alpha value is -1.60. The Labute approximate surface area is 210 Å². The summed E-state index contributed by atoms with van der Waals surface area (Å²) in [5, 5.41) is 11.6. The summed E-state index contributed by atoms with van der Waals surface area (Å²) < 4.78 is 34.9. The number of ketones is 2. The highest BCUT2D eigenvalue weighted by Gasteiger charge is 2.76. The molecule has 0 radical (unpaired) electrons. The van der Waals surface area contributed by atoms with Gasteiger partial charge in [-0.25, -0.2) is 8.78 Å². The average Bonchev–Trinajstić information content (AvgIpc) is 3.03. The van der Waals surface area contributed by atoms with Gasteiger partial charge in [-0.1, -0.05) is 40.2 Å². The second kappa shape index (κ2) is 8.76. The molecule has 8 atom stereocenters. The van der Waals surface area contributed by atoms with E-state index in [9.17, 15) is 28.3 Å². The number of fused-ring (bicyclic) bond motifs is 5. The van der Waals surface area contributed by atoms with E-state index in [4.69, 9.17) is 16.3 Å². The summed E-state index contributed by atoms with van der Waals surface area (Å²) in [7, 11) is 0. The summed E-state index contributed by atoms with van der Waals surface area (Å²) in [6, 6.07) is 0. The lowest BCUT2D eigenvalue weighted by Crippen LogP contribution is -2.69. The number of ether oxygens (including phenoxy) is 1. The Morgan fingerprint density at radius 1 is 1.29 bits per heavy atom. The predicted molar refractivity (Wildman–Crippen MR) is 127 cm³/mol. The second-order valence-electron chi connectivity index (χ2n) is 11.4. The van der Waals surface area contributed by atoms with Crippen LogP contribution in [0.15, 0.2) is 23.6 Å². The van der Waals surface area contributed by atoms with Gasteiger partial charge in [-0.3, -0.25) is 14.4 Å². The molecule has 3 saturated carbocycles. The van der Waals surface area contributed by atoms with Crippen molar-refractivity contribution in [1.29, 1.82) is 0 Å². The molecule has 0 aromatic carbocycles. The highest BCUT2D eigenvalue weighted by molar-refractivity contribution is 6.26. The van der Waals surface area contributed by atoms with Gasteiger partial charge in [0.25, 0.3) is 0 Å². The van der Waals surface area contributed by atoms with Crippen LogP contribution in [0.25, 0.3) is 0 Å². The molecule has 0 unspecified atom stereocenters. The summed E-state index contributed by atoms with van der Waals surface area (Å²) >= 11 is 7.33. The van der Waals surface area contributed by atoms with Crippen LogP contribution in [0.4, 0.5) is 8.78 Å². The fourth-order valence-electron chi connectivity index (χ4n) is 8.13. The lowest BCUT2D eigenvalue weighted by Gasteiger charge is -2.64. The number of carbonyl (C=O) groups excluding carboxylic acids is 3. The third-order valence-electron chi connectivity index (χ3n) is 9.82. The fraction of sp³-hybridized carbons (Fsp3) is 0.741. The molecule has 0 aliphatic heterocycles. The van der Waals surface area contributed by atoms with Gasteiger partial charge in [-0.15, -0.1) is 11.6 Å². The van der Waals surface area contributed by atoms with Crippen molar-refractivity contribution < 1.29 is 33.0 Å². The molecule has 0 spiro atoms. The quantitative estimate of drug-likeness (QED) is 0.392. The summed E-state index contributed by atoms with van der Waals surface area (Å²) in [5.74, 6) is -3.98. The van der Waals surface area contributed by atoms with E-state index in [0.717, 1.165) is 6.42 Å². The summed E-state index contributed by atoms with van der Waals surface area (Å²) in [5.41, 5.74) is -3.57. The minimum absolute atomic E-state index is 0.0128. The van der Waals surface area contributed by atoms with E-state index < -0.39 is 63.4 Å². The van der Waals surface area contributed by atoms with E-state index in [-0.39, 0.29) is 31.1 Å². The van der Waals surface area contributed by atoms with E-state index in [2.05, 4.69) is 0 Å². The van der Waals surface area contributed by atoms with E-state index in [1.807, 2.05) is 6.92 Å². The predicted octanol–water partition coefficient (Wildman–Crippen LogP) is 5.18. The smallest absolute Gasteiger partial charge is 0.306 e. The molecular formula is C27H35ClF2O5. The molecule has 4 aliphatic rings. The van der Waals surface area contributed by atoms with Crippen molar-refractivity contribution in [2.75, 3.05) is 6.67 Å². The van der Waals surface area contributed by atoms with Crippen molar-refractivity contribution in [3.8, 4) is 0 Å². The van der Waals surface area contributed by atoms with Gasteiger partial charge in [-0.2, -0.15) is 0 Å². The first kappa shape index (κ1) is 26.5. The molecular weight excluding hydrogens is 478 g/mol. The van der Waals surface area contributed by atoms with Crippen LogP contribution in [0.3, 0.4) is 0 Å². The number of Topliss-reactive ketones (excluding diaryl/α,β-unsaturated/α-hetero) is 1. The second-order valence-corrected chi connectivity index (χ2v) is 12.0. The lowest BCUT2D eigenvalue weighted by atomic mass is 9.45. The first-order valence-corrected chi connectivity index (χ1v) is 13.0. The maximum absolute atomic E-state index is 14.9. The molecule has 0 bridgehead atoms. The Morgan fingerprint density at radius 3 is 2.60 bits per heavy atom. The molecule has 5 nitrogen and oxygen atoms in total. The Kier molecular flexibility index (Phi) is 6.62. The zero-order valence-corrected chi connectivity index (χ0v) is 21.6. The number of allylic oxidation sites excluding steroid dienone is 4. The minimum atomic E-state index is -1.71. The molecule has 0 aromatic rings. The monoisotopic (exact) mass is 512 g/mol. The van der Waals surface area contributed by atoms with Gasteiger partial charge in [0, 0.05) is 23.2 Å². The first-order chi connectivity index (χ1) is 16.3. The summed E-state index contributed by atoms with van der Waals surface area (Å²) in [6.07, 6.45) is 4.17. The molecule has 194 valence electrons. The van der Waals surface area contributed by atoms with E-state index in [1.165, 1.54) is 6.08 Å². The summed E-state index contributed by atoms with van der Waals surface area (Å²) in [4.78, 5) is 36.8. The zero-order chi connectivity index (χ0) is 26.0. The zero-order valence-electron chi connectivity index (χ0n) is 20.8. The number of hydrogen-bond acceptors (Lipinski definition) is 5. The maximum Gasteiger partial charge on any atom is 0.306 e. The van der Waals surface area contributed by atoms with Gasteiger partial charge < -0.3 is 9.84 Å². The first-order valence-electron chi connectivity index (χ1n) is 12.7. The molecule has 4 rings (SSSR count). The number of carbonyl (C=O) groups is 3. The number of aliphatic hydroxyl groups is 1. The molecule has 0 amide bonds.